The SMILES string of the molecule is CC(C)CNCCC(C)(O)c1ccc2cccnc2c1. The molecule has 0 bridgehead atoms. The van der Waals surface area contributed by atoms with E-state index in [0.717, 1.165) is 29.6 Å². The van der Waals surface area contributed by atoms with Gasteiger partial charge in [0.15, 0.2) is 0 Å². The van der Waals surface area contributed by atoms with Gasteiger partial charge in [0.25, 0.3) is 0 Å². The second-order valence-corrected chi connectivity index (χ2v) is 6.03. The van der Waals surface area contributed by atoms with Crippen molar-refractivity contribution in [3.63, 3.8) is 0 Å². The van der Waals surface area contributed by atoms with Gasteiger partial charge >= 0.3 is 0 Å². The van der Waals surface area contributed by atoms with E-state index in [9.17, 15) is 5.11 Å². The molecular formula is C17H24N2O. The number of nitrogens with one attached hydrogen (secondary N) is 1. The lowest BCUT2D eigenvalue weighted by molar-refractivity contribution is 0.0480. The molecule has 1 aromatic carbocycles. The average Bonchev–Trinajstić information content (AvgIpc) is 2.43. The largest absolute Gasteiger partial charge is 0.385 e. The highest BCUT2D eigenvalue weighted by Crippen LogP contribution is 2.26. The lowest BCUT2D eigenvalue weighted by Crippen LogP contribution is -2.29. The Bertz CT molecular complexity index is 564. The van der Waals surface area contributed by atoms with Crippen molar-refractivity contribution in [2.75, 3.05) is 13.1 Å². The number of pyridine rings is 1. The number of aliphatic hydroxyl groups is 1. The van der Waals surface area contributed by atoms with Crippen molar-refractivity contribution in [3.05, 3.63) is 42.1 Å². The van der Waals surface area contributed by atoms with Gasteiger partial charge < -0.3 is 10.4 Å². The Balaban J connectivity index is 2.06. The minimum atomic E-state index is -0.824. The third-order valence-electron chi connectivity index (χ3n) is 3.57. The van der Waals surface area contributed by atoms with E-state index in [1.54, 1.807) is 6.20 Å². The molecule has 0 aliphatic heterocycles. The third kappa shape index (κ3) is 3.78. The van der Waals surface area contributed by atoms with Crippen molar-refractivity contribution >= 4 is 10.9 Å². The van der Waals surface area contributed by atoms with Crippen molar-refractivity contribution in [2.45, 2.75) is 32.8 Å². The van der Waals surface area contributed by atoms with Crippen molar-refractivity contribution in [3.8, 4) is 0 Å². The summed E-state index contributed by atoms with van der Waals surface area (Å²) in [6.07, 6.45) is 2.48. The molecule has 0 saturated heterocycles. The van der Waals surface area contributed by atoms with Gasteiger partial charge in [0, 0.05) is 11.6 Å². The highest BCUT2D eigenvalue weighted by Gasteiger charge is 2.22. The lowest BCUT2D eigenvalue weighted by atomic mass is 9.91. The molecule has 1 unspecified atom stereocenters. The quantitative estimate of drug-likeness (QED) is 0.794. The summed E-state index contributed by atoms with van der Waals surface area (Å²) in [6.45, 7) is 8.02. The summed E-state index contributed by atoms with van der Waals surface area (Å²) < 4.78 is 0. The second-order valence-electron chi connectivity index (χ2n) is 6.03. The molecule has 1 atom stereocenters. The van der Waals surface area contributed by atoms with Crippen molar-refractivity contribution in [1.29, 1.82) is 0 Å². The molecule has 0 radical (unpaired) electrons. The Morgan fingerprint density at radius 3 is 2.85 bits per heavy atom. The van der Waals surface area contributed by atoms with E-state index in [2.05, 4.69) is 24.1 Å². The lowest BCUT2D eigenvalue weighted by Gasteiger charge is -2.24. The van der Waals surface area contributed by atoms with Crippen LogP contribution >= 0.6 is 0 Å². The van der Waals surface area contributed by atoms with Crippen LogP contribution in [0.4, 0.5) is 0 Å². The van der Waals surface area contributed by atoms with Crippen LogP contribution in [0.1, 0.15) is 32.8 Å². The second kappa shape index (κ2) is 6.33. The highest BCUT2D eigenvalue weighted by molar-refractivity contribution is 5.79. The Hall–Kier alpha value is -1.45. The highest BCUT2D eigenvalue weighted by atomic mass is 16.3. The first-order valence-electron chi connectivity index (χ1n) is 7.27. The van der Waals surface area contributed by atoms with E-state index in [1.807, 2.05) is 37.3 Å². The number of hydrogen-bond acceptors (Lipinski definition) is 3. The molecule has 2 rings (SSSR count). The molecule has 0 amide bonds. The summed E-state index contributed by atoms with van der Waals surface area (Å²) in [5.74, 6) is 0.629. The minimum absolute atomic E-state index is 0.629. The molecule has 3 nitrogen and oxygen atoms in total. The zero-order valence-corrected chi connectivity index (χ0v) is 12.6. The average molecular weight is 272 g/mol. The van der Waals surface area contributed by atoms with Gasteiger partial charge in [-0.15, -0.1) is 0 Å². The van der Waals surface area contributed by atoms with Gasteiger partial charge in [-0.2, -0.15) is 0 Å². The Morgan fingerprint density at radius 1 is 1.30 bits per heavy atom. The van der Waals surface area contributed by atoms with Gasteiger partial charge in [0.05, 0.1) is 11.1 Å². The fourth-order valence-corrected chi connectivity index (χ4v) is 2.27. The topological polar surface area (TPSA) is 45.1 Å². The molecule has 2 aromatic rings. The normalized spacial score (nSPS) is 14.7. The minimum Gasteiger partial charge on any atom is -0.385 e. The summed E-state index contributed by atoms with van der Waals surface area (Å²) in [7, 11) is 0. The standard InChI is InChI=1S/C17H24N2O/c1-13(2)12-18-10-8-17(3,20)15-7-6-14-5-4-9-19-16(14)11-15/h4-7,9,11,13,18,20H,8,10,12H2,1-3H3. The zero-order valence-electron chi connectivity index (χ0n) is 12.6. The van der Waals surface area contributed by atoms with Gasteiger partial charge in [0.2, 0.25) is 0 Å². The molecule has 0 saturated carbocycles. The number of rotatable bonds is 6. The Labute approximate surface area is 121 Å². The first kappa shape index (κ1) is 14.9. The van der Waals surface area contributed by atoms with Gasteiger partial charge in [0.1, 0.15) is 0 Å². The van der Waals surface area contributed by atoms with E-state index in [4.69, 9.17) is 0 Å². The molecule has 0 spiro atoms. The first-order valence-corrected chi connectivity index (χ1v) is 7.27. The maximum absolute atomic E-state index is 10.6. The summed E-state index contributed by atoms with van der Waals surface area (Å²) in [5, 5.41) is 15.1. The van der Waals surface area contributed by atoms with Crippen LogP contribution in [0.3, 0.4) is 0 Å². The predicted octanol–water partition coefficient (Wildman–Crippen LogP) is 3.08. The molecule has 2 N–H and O–H groups in total. The number of benzene rings is 1. The molecule has 20 heavy (non-hydrogen) atoms. The number of hydrogen-bond donors (Lipinski definition) is 2. The van der Waals surface area contributed by atoms with Crippen LogP contribution in [0.5, 0.6) is 0 Å². The van der Waals surface area contributed by atoms with Gasteiger partial charge in [-0.3, -0.25) is 4.98 Å². The first-order chi connectivity index (χ1) is 9.49. The molecule has 0 aliphatic rings. The summed E-state index contributed by atoms with van der Waals surface area (Å²) in [6, 6.07) is 9.96. The summed E-state index contributed by atoms with van der Waals surface area (Å²) in [5.41, 5.74) is 1.03. The molecular weight excluding hydrogens is 248 g/mol. The van der Waals surface area contributed by atoms with Crippen molar-refractivity contribution in [1.82, 2.24) is 10.3 Å². The molecule has 1 heterocycles. The van der Waals surface area contributed by atoms with E-state index in [1.165, 1.54) is 0 Å². The maximum atomic E-state index is 10.6. The van der Waals surface area contributed by atoms with E-state index in [0.29, 0.717) is 12.3 Å². The van der Waals surface area contributed by atoms with Crippen LogP contribution in [-0.2, 0) is 5.60 Å². The van der Waals surface area contributed by atoms with Gasteiger partial charge in [-0.1, -0.05) is 32.0 Å². The predicted molar refractivity (Wildman–Crippen MR) is 83.6 cm³/mol. The number of fused-ring (bicyclic) bond motifs is 1. The fraction of sp³-hybridized carbons (Fsp3) is 0.471. The molecule has 0 aliphatic carbocycles. The molecule has 108 valence electrons. The van der Waals surface area contributed by atoms with E-state index in [-0.39, 0.29) is 0 Å². The summed E-state index contributed by atoms with van der Waals surface area (Å²) >= 11 is 0. The van der Waals surface area contributed by atoms with E-state index >= 15 is 0 Å². The van der Waals surface area contributed by atoms with Crippen molar-refractivity contribution in [2.24, 2.45) is 5.92 Å². The smallest absolute Gasteiger partial charge is 0.0881 e. The van der Waals surface area contributed by atoms with Gasteiger partial charge in [-0.05, 0) is 50.0 Å². The Morgan fingerprint density at radius 2 is 2.10 bits per heavy atom. The summed E-state index contributed by atoms with van der Waals surface area (Å²) in [4.78, 5) is 4.35. The van der Waals surface area contributed by atoms with Crippen LogP contribution in [-0.4, -0.2) is 23.2 Å². The molecule has 3 heteroatoms. The van der Waals surface area contributed by atoms with Crippen LogP contribution in [0.15, 0.2) is 36.5 Å². The van der Waals surface area contributed by atoms with E-state index < -0.39 is 5.60 Å². The number of aromatic nitrogens is 1. The fourth-order valence-electron chi connectivity index (χ4n) is 2.27. The zero-order chi connectivity index (χ0) is 14.6. The van der Waals surface area contributed by atoms with Crippen molar-refractivity contribution < 1.29 is 5.11 Å². The Kier molecular flexibility index (Phi) is 4.73. The van der Waals surface area contributed by atoms with Crippen LogP contribution in [0.2, 0.25) is 0 Å². The van der Waals surface area contributed by atoms with Crippen LogP contribution in [0, 0.1) is 5.92 Å². The molecule has 1 aromatic heterocycles. The van der Waals surface area contributed by atoms with Crippen LogP contribution in [0.25, 0.3) is 10.9 Å². The number of nitrogens with zero attached hydrogens (tertiary/aromatic N) is 1. The molecule has 0 fully saturated rings. The van der Waals surface area contributed by atoms with Gasteiger partial charge in [-0.25, -0.2) is 0 Å². The third-order valence-corrected chi connectivity index (χ3v) is 3.57. The maximum Gasteiger partial charge on any atom is 0.0881 e. The van der Waals surface area contributed by atoms with Crippen LogP contribution < -0.4 is 5.32 Å². The monoisotopic (exact) mass is 272 g/mol.